The summed E-state index contributed by atoms with van der Waals surface area (Å²) < 4.78 is 14.3. The highest BCUT2D eigenvalue weighted by Gasteiger charge is 2.36. The molecule has 0 saturated carbocycles. The predicted molar refractivity (Wildman–Crippen MR) is 110 cm³/mol. The van der Waals surface area contributed by atoms with Gasteiger partial charge in [-0.15, -0.1) is 0 Å². The lowest BCUT2D eigenvalue weighted by molar-refractivity contribution is 0.184. The van der Waals surface area contributed by atoms with Gasteiger partial charge >= 0.3 is 5.69 Å². The molecule has 1 aromatic heterocycles. The number of rotatable bonds is 6. The number of aromatic nitrogens is 2. The molecule has 1 aliphatic rings. The molecule has 2 heterocycles. The molecule has 0 saturated heterocycles. The monoisotopic (exact) mass is 408 g/mol. The second-order valence-corrected chi connectivity index (χ2v) is 7.29. The van der Waals surface area contributed by atoms with Crippen molar-refractivity contribution >= 4 is 5.70 Å². The zero-order valence-corrected chi connectivity index (χ0v) is 16.6. The summed E-state index contributed by atoms with van der Waals surface area (Å²) in [6, 6.07) is 6.09. The summed E-state index contributed by atoms with van der Waals surface area (Å²) in [6.45, 7) is 7.94. The molecule has 0 amide bonds. The molecule has 0 aliphatic carbocycles. The van der Waals surface area contributed by atoms with Crippen LogP contribution in [0.15, 0.2) is 63.1 Å². The van der Waals surface area contributed by atoms with Crippen LogP contribution in [-0.2, 0) is 6.54 Å². The van der Waals surface area contributed by atoms with Gasteiger partial charge in [0.05, 0.1) is 28.9 Å². The molecule has 1 aromatic carbocycles. The third-order valence-electron chi connectivity index (χ3n) is 5.36. The van der Waals surface area contributed by atoms with E-state index in [0.29, 0.717) is 17.7 Å². The van der Waals surface area contributed by atoms with E-state index in [1.165, 1.54) is 12.3 Å². The van der Waals surface area contributed by atoms with Crippen molar-refractivity contribution in [3.63, 3.8) is 0 Å². The average Bonchev–Trinajstić information content (AvgIpc) is 2.73. The standard InChI is InChI=1S/C21H21FN6O2/c1-4-28(12-15-6-5-14(10-23)9-17(15)22)13(2)21(3)8-7-18(26-27-21)16-11-24-20(30)25-19(16)29/h4-7,9,11,13H,1,8,12H2,2-3H3,(H2,24,25,29,30)/t13?,21-/m1/s1. The molecule has 154 valence electrons. The molecule has 30 heavy (non-hydrogen) atoms. The van der Waals surface area contributed by atoms with Crippen LogP contribution in [0.3, 0.4) is 0 Å². The first-order valence-electron chi connectivity index (χ1n) is 9.29. The van der Waals surface area contributed by atoms with Gasteiger partial charge in [0, 0.05) is 18.3 Å². The minimum absolute atomic E-state index is 0.194. The number of nitrogens with one attached hydrogen (secondary N) is 2. The molecule has 2 atom stereocenters. The number of azo groups is 1. The molecule has 0 spiro atoms. The molecule has 0 radical (unpaired) electrons. The number of H-pyrrole nitrogens is 2. The highest BCUT2D eigenvalue weighted by Crippen LogP contribution is 2.33. The molecule has 1 unspecified atom stereocenters. The average molecular weight is 408 g/mol. The van der Waals surface area contributed by atoms with Crippen LogP contribution in [0.2, 0.25) is 0 Å². The first kappa shape index (κ1) is 20.9. The van der Waals surface area contributed by atoms with Crippen molar-refractivity contribution in [3.8, 4) is 6.07 Å². The van der Waals surface area contributed by atoms with Gasteiger partial charge in [-0.2, -0.15) is 15.5 Å². The van der Waals surface area contributed by atoms with E-state index in [-0.39, 0.29) is 23.7 Å². The second-order valence-electron chi connectivity index (χ2n) is 7.29. The quantitative estimate of drug-likeness (QED) is 0.764. The summed E-state index contributed by atoms with van der Waals surface area (Å²) in [5.41, 5.74) is -0.466. The number of halogens is 1. The van der Waals surface area contributed by atoms with Crippen molar-refractivity contribution in [2.24, 2.45) is 10.2 Å². The van der Waals surface area contributed by atoms with E-state index >= 15 is 0 Å². The van der Waals surface area contributed by atoms with Crippen LogP contribution in [-0.4, -0.2) is 26.4 Å². The summed E-state index contributed by atoms with van der Waals surface area (Å²) in [4.78, 5) is 29.6. The van der Waals surface area contributed by atoms with Gasteiger partial charge in [0.25, 0.3) is 5.56 Å². The maximum absolute atomic E-state index is 14.3. The van der Waals surface area contributed by atoms with Gasteiger partial charge in [0.2, 0.25) is 0 Å². The van der Waals surface area contributed by atoms with Crippen molar-refractivity contribution in [2.45, 2.75) is 38.4 Å². The fourth-order valence-electron chi connectivity index (χ4n) is 3.23. The Bertz CT molecular complexity index is 1190. The maximum Gasteiger partial charge on any atom is 0.325 e. The smallest absolute Gasteiger partial charge is 0.325 e. The third-order valence-corrected chi connectivity index (χ3v) is 5.36. The maximum atomic E-state index is 14.3. The van der Waals surface area contributed by atoms with Crippen LogP contribution in [0.25, 0.3) is 5.70 Å². The van der Waals surface area contributed by atoms with Gasteiger partial charge in [0.15, 0.2) is 0 Å². The number of benzene rings is 1. The molecular weight excluding hydrogens is 387 g/mol. The highest BCUT2D eigenvalue weighted by atomic mass is 19.1. The van der Waals surface area contributed by atoms with E-state index in [4.69, 9.17) is 5.26 Å². The van der Waals surface area contributed by atoms with Gasteiger partial charge in [-0.25, -0.2) is 9.18 Å². The first-order chi connectivity index (χ1) is 14.3. The Morgan fingerprint density at radius 1 is 1.47 bits per heavy atom. The summed E-state index contributed by atoms with van der Waals surface area (Å²) in [5, 5.41) is 17.5. The minimum atomic E-state index is -0.643. The van der Waals surface area contributed by atoms with Crippen LogP contribution in [0.4, 0.5) is 4.39 Å². The van der Waals surface area contributed by atoms with Crippen molar-refractivity contribution in [2.75, 3.05) is 0 Å². The second kappa shape index (κ2) is 8.29. The number of hydrogen-bond donors (Lipinski definition) is 2. The van der Waals surface area contributed by atoms with Crippen LogP contribution in [0.1, 0.15) is 37.0 Å². The molecule has 2 N–H and O–H groups in total. The largest absolute Gasteiger partial charge is 0.368 e. The van der Waals surface area contributed by atoms with Crippen molar-refractivity contribution in [1.82, 2.24) is 14.9 Å². The molecule has 9 heteroatoms. The van der Waals surface area contributed by atoms with E-state index < -0.39 is 22.6 Å². The summed E-state index contributed by atoms with van der Waals surface area (Å²) in [6.07, 6.45) is 5.19. The number of nitrogens with zero attached hydrogens (tertiary/aromatic N) is 4. The Hall–Kier alpha value is -3.80. The van der Waals surface area contributed by atoms with E-state index in [9.17, 15) is 14.0 Å². The van der Waals surface area contributed by atoms with Crippen LogP contribution in [0.5, 0.6) is 0 Å². The van der Waals surface area contributed by atoms with Crippen LogP contribution in [0, 0.1) is 17.1 Å². The summed E-state index contributed by atoms with van der Waals surface area (Å²) >= 11 is 0. The highest BCUT2D eigenvalue weighted by molar-refractivity contribution is 5.63. The molecular formula is C21H21FN6O2. The minimum Gasteiger partial charge on any atom is -0.368 e. The Morgan fingerprint density at radius 2 is 2.23 bits per heavy atom. The Kier molecular flexibility index (Phi) is 5.78. The van der Waals surface area contributed by atoms with Gasteiger partial charge < -0.3 is 9.88 Å². The Morgan fingerprint density at radius 3 is 2.80 bits per heavy atom. The molecule has 2 aromatic rings. The molecule has 0 bridgehead atoms. The van der Waals surface area contributed by atoms with E-state index in [1.54, 1.807) is 24.4 Å². The van der Waals surface area contributed by atoms with Crippen molar-refractivity contribution in [1.29, 1.82) is 5.26 Å². The van der Waals surface area contributed by atoms with E-state index in [1.807, 2.05) is 24.8 Å². The van der Waals surface area contributed by atoms with Gasteiger partial charge in [0.1, 0.15) is 11.4 Å². The zero-order chi connectivity index (χ0) is 21.9. The lowest BCUT2D eigenvalue weighted by Crippen LogP contribution is -2.46. The van der Waals surface area contributed by atoms with Gasteiger partial charge in [-0.05, 0) is 38.6 Å². The van der Waals surface area contributed by atoms with Crippen LogP contribution >= 0.6 is 0 Å². The third kappa shape index (κ3) is 4.12. The van der Waals surface area contributed by atoms with Crippen LogP contribution < -0.4 is 11.2 Å². The lowest BCUT2D eigenvalue weighted by atomic mass is 9.87. The summed E-state index contributed by atoms with van der Waals surface area (Å²) in [5.74, 6) is -0.456. The zero-order valence-electron chi connectivity index (χ0n) is 16.6. The molecule has 0 fully saturated rings. The molecule has 3 rings (SSSR count). The number of aromatic amines is 2. The number of hydrogen-bond acceptors (Lipinski definition) is 6. The fraction of sp³-hybridized carbons (Fsp3) is 0.286. The number of nitriles is 1. The lowest BCUT2D eigenvalue weighted by Gasteiger charge is -2.39. The van der Waals surface area contributed by atoms with E-state index in [2.05, 4.69) is 26.8 Å². The molecule has 8 nitrogen and oxygen atoms in total. The predicted octanol–water partition coefficient (Wildman–Crippen LogP) is 3.06. The van der Waals surface area contributed by atoms with Crippen molar-refractivity contribution in [3.05, 3.63) is 86.6 Å². The first-order valence-corrected chi connectivity index (χ1v) is 9.29. The topological polar surface area (TPSA) is 117 Å². The Balaban J connectivity index is 1.79. The summed E-state index contributed by atoms with van der Waals surface area (Å²) in [7, 11) is 0. The fourth-order valence-corrected chi connectivity index (χ4v) is 3.23. The Labute approximate surface area is 172 Å². The SMILES string of the molecule is C=CN(Cc1ccc(C#N)cc1F)C(C)[C@@]1(C)CC=C(c2c[nH]c(=O)[nH]c2=O)N=N1. The van der Waals surface area contributed by atoms with Gasteiger partial charge in [-0.1, -0.05) is 18.7 Å². The van der Waals surface area contributed by atoms with E-state index in [0.717, 1.165) is 0 Å². The molecule has 1 aliphatic heterocycles. The van der Waals surface area contributed by atoms with Gasteiger partial charge in [-0.3, -0.25) is 9.78 Å². The normalized spacial score (nSPS) is 18.9. The van der Waals surface area contributed by atoms with Crippen molar-refractivity contribution < 1.29 is 4.39 Å².